The molecule has 0 N–H and O–H groups in total. The third-order valence-electron chi connectivity index (χ3n) is 2.38. The van der Waals surface area contributed by atoms with Gasteiger partial charge < -0.3 is 4.90 Å². The van der Waals surface area contributed by atoms with Crippen molar-refractivity contribution in [1.29, 1.82) is 0 Å². The van der Waals surface area contributed by atoms with Gasteiger partial charge in [0, 0.05) is 23.5 Å². The molecule has 94 valence electrons. The minimum atomic E-state index is -0.0296. The van der Waals surface area contributed by atoms with Crippen LogP contribution in [0.5, 0.6) is 0 Å². The first-order chi connectivity index (χ1) is 7.97. The molecule has 5 heteroatoms. The van der Waals surface area contributed by atoms with Crippen molar-refractivity contribution in [3.63, 3.8) is 0 Å². The first-order valence-corrected chi connectivity index (χ1v) is 7.17. The maximum Gasteiger partial charge on any atom is 0.254 e. The van der Waals surface area contributed by atoms with Gasteiger partial charge in [0.2, 0.25) is 0 Å². The summed E-state index contributed by atoms with van der Waals surface area (Å²) in [6.07, 6.45) is 0. The maximum atomic E-state index is 12.2. The topological polar surface area (TPSA) is 20.3 Å². The Morgan fingerprint density at radius 1 is 1.35 bits per heavy atom. The Kier molecular flexibility index (Phi) is 5.77. The summed E-state index contributed by atoms with van der Waals surface area (Å²) >= 11 is 15.1. The largest absolute Gasteiger partial charge is 0.335 e. The van der Waals surface area contributed by atoms with Crippen molar-refractivity contribution >= 4 is 45.0 Å². The van der Waals surface area contributed by atoms with Crippen LogP contribution in [0.2, 0.25) is 10.0 Å². The van der Waals surface area contributed by atoms with E-state index < -0.39 is 0 Å². The summed E-state index contributed by atoms with van der Waals surface area (Å²) in [5.74, 6) is -0.0296. The van der Waals surface area contributed by atoms with Crippen LogP contribution in [0.3, 0.4) is 0 Å². The first-order valence-electron chi connectivity index (χ1n) is 5.29. The third kappa shape index (κ3) is 3.87. The van der Waals surface area contributed by atoms with Gasteiger partial charge in [-0.05, 0) is 32.0 Å². The van der Waals surface area contributed by atoms with Gasteiger partial charge in [-0.3, -0.25) is 4.79 Å². The standard InChI is InChI=1S/C12H14BrCl2NO/c1-8(2)16(6-5-13)12(17)9-3-4-10(14)11(15)7-9/h3-4,7-8H,5-6H2,1-2H3. The van der Waals surface area contributed by atoms with Gasteiger partial charge in [-0.2, -0.15) is 0 Å². The molecule has 0 aliphatic heterocycles. The van der Waals surface area contributed by atoms with Crippen LogP contribution in [0, 0.1) is 0 Å². The maximum absolute atomic E-state index is 12.2. The van der Waals surface area contributed by atoms with E-state index >= 15 is 0 Å². The van der Waals surface area contributed by atoms with Crippen LogP contribution in [0.4, 0.5) is 0 Å². The Hall–Kier alpha value is -0.250. The molecule has 0 aliphatic carbocycles. The number of rotatable bonds is 4. The van der Waals surface area contributed by atoms with Crippen molar-refractivity contribution in [1.82, 2.24) is 4.90 Å². The lowest BCUT2D eigenvalue weighted by atomic mass is 10.1. The number of carbonyl (C=O) groups is 1. The monoisotopic (exact) mass is 337 g/mol. The van der Waals surface area contributed by atoms with E-state index in [1.807, 2.05) is 13.8 Å². The van der Waals surface area contributed by atoms with Gasteiger partial charge in [0.05, 0.1) is 10.0 Å². The summed E-state index contributed by atoms with van der Waals surface area (Å²) in [6.45, 7) is 4.63. The highest BCUT2D eigenvalue weighted by Gasteiger charge is 2.18. The summed E-state index contributed by atoms with van der Waals surface area (Å²) in [6, 6.07) is 5.09. The molecule has 1 aromatic carbocycles. The molecular formula is C12H14BrCl2NO. The molecule has 0 fully saturated rings. The molecule has 0 unspecified atom stereocenters. The molecule has 0 saturated carbocycles. The molecule has 0 atom stereocenters. The number of carbonyl (C=O) groups excluding carboxylic acids is 1. The molecule has 2 nitrogen and oxygen atoms in total. The average molecular weight is 339 g/mol. The fraction of sp³-hybridized carbons (Fsp3) is 0.417. The Labute approximate surface area is 120 Å². The van der Waals surface area contributed by atoms with E-state index in [0.29, 0.717) is 22.2 Å². The molecule has 0 spiro atoms. The summed E-state index contributed by atoms with van der Waals surface area (Å²) in [7, 11) is 0. The highest BCUT2D eigenvalue weighted by atomic mass is 79.9. The number of hydrogen-bond acceptors (Lipinski definition) is 1. The van der Waals surface area contributed by atoms with Gasteiger partial charge in [-0.15, -0.1) is 0 Å². The summed E-state index contributed by atoms with van der Waals surface area (Å²) < 4.78 is 0. The molecule has 1 aromatic rings. The molecule has 1 rings (SSSR count). The van der Waals surface area contributed by atoms with Crippen LogP contribution in [0.15, 0.2) is 18.2 Å². The minimum Gasteiger partial charge on any atom is -0.335 e. The zero-order valence-corrected chi connectivity index (χ0v) is 12.8. The molecule has 0 aromatic heterocycles. The van der Waals surface area contributed by atoms with E-state index in [4.69, 9.17) is 23.2 Å². The highest BCUT2D eigenvalue weighted by Crippen LogP contribution is 2.23. The van der Waals surface area contributed by atoms with Crippen molar-refractivity contribution < 1.29 is 4.79 Å². The number of alkyl halides is 1. The van der Waals surface area contributed by atoms with E-state index in [9.17, 15) is 4.79 Å². The van der Waals surface area contributed by atoms with Crippen LogP contribution in [0.1, 0.15) is 24.2 Å². The SMILES string of the molecule is CC(C)N(CCBr)C(=O)c1ccc(Cl)c(Cl)c1. The molecule has 0 radical (unpaired) electrons. The van der Waals surface area contributed by atoms with Crippen molar-refractivity contribution in [3.05, 3.63) is 33.8 Å². The second kappa shape index (κ2) is 6.62. The molecule has 1 amide bonds. The Bertz CT molecular complexity index is 409. The summed E-state index contributed by atoms with van der Waals surface area (Å²) in [4.78, 5) is 14.0. The van der Waals surface area contributed by atoms with Crippen molar-refractivity contribution in [2.45, 2.75) is 19.9 Å². The van der Waals surface area contributed by atoms with E-state index in [-0.39, 0.29) is 11.9 Å². The molecule has 0 heterocycles. The minimum absolute atomic E-state index is 0.0296. The van der Waals surface area contributed by atoms with Gasteiger partial charge in [0.15, 0.2) is 0 Å². The predicted molar refractivity (Wildman–Crippen MR) is 76.4 cm³/mol. The summed E-state index contributed by atoms with van der Waals surface area (Å²) in [5, 5.41) is 1.61. The van der Waals surface area contributed by atoms with Gasteiger partial charge in [-0.25, -0.2) is 0 Å². The second-order valence-corrected chi connectivity index (χ2v) is 5.52. The molecule has 0 aliphatic rings. The molecular weight excluding hydrogens is 325 g/mol. The number of amides is 1. The summed E-state index contributed by atoms with van der Waals surface area (Å²) in [5.41, 5.74) is 0.564. The molecule has 0 bridgehead atoms. The molecule has 0 saturated heterocycles. The van der Waals surface area contributed by atoms with E-state index in [1.165, 1.54) is 0 Å². The van der Waals surface area contributed by atoms with Crippen molar-refractivity contribution in [2.75, 3.05) is 11.9 Å². The Morgan fingerprint density at radius 3 is 2.47 bits per heavy atom. The first kappa shape index (κ1) is 14.8. The fourth-order valence-corrected chi connectivity index (χ4v) is 2.16. The van der Waals surface area contributed by atoms with Crippen LogP contribution >= 0.6 is 39.1 Å². The van der Waals surface area contributed by atoms with E-state index in [1.54, 1.807) is 23.1 Å². The van der Waals surface area contributed by atoms with Gasteiger partial charge >= 0.3 is 0 Å². The average Bonchev–Trinajstić information content (AvgIpc) is 2.28. The normalized spacial score (nSPS) is 10.7. The quantitative estimate of drug-likeness (QED) is 0.752. The van der Waals surface area contributed by atoms with Crippen LogP contribution in [-0.2, 0) is 0 Å². The lowest BCUT2D eigenvalue weighted by Gasteiger charge is -2.26. The van der Waals surface area contributed by atoms with Crippen molar-refractivity contribution in [2.24, 2.45) is 0 Å². The Balaban J connectivity index is 2.97. The Morgan fingerprint density at radius 2 is 2.00 bits per heavy atom. The zero-order chi connectivity index (χ0) is 13.0. The molecule has 17 heavy (non-hydrogen) atoms. The van der Waals surface area contributed by atoms with Crippen LogP contribution in [-0.4, -0.2) is 28.7 Å². The number of nitrogens with zero attached hydrogens (tertiary/aromatic N) is 1. The third-order valence-corrected chi connectivity index (χ3v) is 3.47. The van der Waals surface area contributed by atoms with Gasteiger partial charge in [-0.1, -0.05) is 39.1 Å². The van der Waals surface area contributed by atoms with Gasteiger partial charge in [0.1, 0.15) is 0 Å². The zero-order valence-electron chi connectivity index (χ0n) is 9.71. The van der Waals surface area contributed by atoms with Crippen LogP contribution in [0.25, 0.3) is 0 Å². The highest BCUT2D eigenvalue weighted by molar-refractivity contribution is 9.09. The number of halogens is 3. The van der Waals surface area contributed by atoms with Gasteiger partial charge in [0.25, 0.3) is 5.91 Å². The lowest BCUT2D eigenvalue weighted by Crippen LogP contribution is -2.38. The smallest absolute Gasteiger partial charge is 0.254 e. The number of hydrogen-bond donors (Lipinski definition) is 0. The van der Waals surface area contributed by atoms with E-state index in [2.05, 4.69) is 15.9 Å². The fourth-order valence-electron chi connectivity index (χ4n) is 1.48. The number of benzene rings is 1. The van der Waals surface area contributed by atoms with Crippen molar-refractivity contribution in [3.8, 4) is 0 Å². The predicted octanol–water partition coefficient (Wildman–Crippen LogP) is 4.24. The lowest BCUT2D eigenvalue weighted by molar-refractivity contribution is 0.0719. The second-order valence-electron chi connectivity index (χ2n) is 3.91. The van der Waals surface area contributed by atoms with Crippen LogP contribution < -0.4 is 0 Å². The van der Waals surface area contributed by atoms with E-state index in [0.717, 1.165) is 5.33 Å².